The number of pyridine rings is 1. The van der Waals surface area contributed by atoms with E-state index in [9.17, 15) is 0 Å². The van der Waals surface area contributed by atoms with E-state index in [0.717, 1.165) is 26.7 Å². The zero-order chi connectivity index (χ0) is 11.5. The zero-order valence-electron chi connectivity index (χ0n) is 8.67. The lowest BCUT2D eigenvalue weighted by Crippen LogP contribution is -1.94. The number of halogens is 2. The molecule has 0 amide bonds. The maximum absolute atomic E-state index is 5.81. The molecule has 0 aliphatic rings. The van der Waals surface area contributed by atoms with Gasteiger partial charge in [-0.05, 0) is 59.3 Å². The SMILES string of the molecule is Cc1nc(Nc2ccc(Cl)cc2)ccc1Br. The fourth-order valence-electron chi connectivity index (χ4n) is 1.29. The molecule has 2 nitrogen and oxygen atoms in total. The van der Waals surface area contributed by atoms with E-state index in [1.54, 1.807) is 0 Å². The summed E-state index contributed by atoms with van der Waals surface area (Å²) in [6, 6.07) is 11.4. The van der Waals surface area contributed by atoms with Crippen molar-refractivity contribution in [2.24, 2.45) is 0 Å². The van der Waals surface area contributed by atoms with Crippen molar-refractivity contribution in [3.8, 4) is 0 Å². The van der Waals surface area contributed by atoms with Crippen LogP contribution in [-0.2, 0) is 0 Å². The first-order chi connectivity index (χ1) is 7.65. The van der Waals surface area contributed by atoms with Gasteiger partial charge in [-0.2, -0.15) is 0 Å². The second kappa shape index (κ2) is 4.85. The molecule has 82 valence electrons. The molecular weight excluding hydrogens is 288 g/mol. The molecule has 1 heterocycles. The number of hydrogen-bond donors (Lipinski definition) is 1. The van der Waals surface area contributed by atoms with E-state index < -0.39 is 0 Å². The van der Waals surface area contributed by atoms with Crippen LogP contribution in [0.25, 0.3) is 0 Å². The van der Waals surface area contributed by atoms with E-state index in [2.05, 4.69) is 26.2 Å². The Bertz CT molecular complexity index is 497. The molecule has 0 saturated carbocycles. The Balaban J connectivity index is 2.20. The monoisotopic (exact) mass is 296 g/mol. The van der Waals surface area contributed by atoms with Gasteiger partial charge in [-0.1, -0.05) is 11.6 Å². The molecule has 16 heavy (non-hydrogen) atoms. The normalized spacial score (nSPS) is 10.2. The first kappa shape index (κ1) is 11.4. The van der Waals surface area contributed by atoms with Crippen LogP contribution < -0.4 is 5.32 Å². The molecule has 0 aliphatic carbocycles. The highest BCUT2D eigenvalue weighted by molar-refractivity contribution is 9.10. The summed E-state index contributed by atoms with van der Waals surface area (Å²) >= 11 is 9.23. The summed E-state index contributed by atoms with van der Waals surface area (Å²) in [7, 11) is 0. The van der Waals surface area contributed by atoms with Gasteiger partial charge in [-0.15, -0.1) is 0 Å². The Kier molecular flexibility index (Phi) is 3.46. The molecule has 0 aliphatic heterocycles. The minimum absolute atomic E-state index is 0.727. The van der Waals surface area contributed by atoms with Crippen molar-refractivity contribution in [1.29, 1.82) is 0 Å². The lowest BCUT2D eigenvalue weighted by atomic mass is 10.3. The van der Waals surface area contributed by atoms with Crippen molar-refractivity contribution in [2.45, 2.75) is 6.92 Å². The standard InChI is InChI=1S/C12H10BrClN2/c1-8-11(13)6-7-12(15-8)16-10-4-2-9(14)3-5-10/h2-7H,1H3,(H,15,16). The number of aromatic nitrogens is 1. The molecule has 0 unspecified atom stereocenters. The van der Waals surface area contributed by atoms with Gasteiger partial charge in [0.1, 0.15) is 5.82 Å². The van der Waals surface area contributed by atoms with Gasteiger partial charge in [-0.25, -0.2) is 4.98 Å². The smallest absolute Gasteiger partial charge is 0.130 e. The van der Waals surface area contributed by atoms with Crippen molar-refractivity contribution in [3.05, 3.63) is 51.6 Å². The van der Waals surface area contributed by atoms with E-state index in [4.69, 9.17) is 11.6 Å². The van der Waals surface area contributed by atoms with Crippen LogP contribution in [0.2, 0.25) is 5.02 Å². The predicted octanol–water partition coefficient (Wildman–Crippen LogP) is 4.55. The van der Waals surface area contributed by atoms with Crippen LogP contribution in [0, 0.1) is 6.92 Å². The lowest BCUT2D eigenvalue weighted by Gasteiger charge is -2.07. The van der Waals surface area contributed by atoms with Gasteiger partial charge < -0.3 is 5.32 Å². The first-order valence-electron chi connectivity index (χ1n) is 4.81. The van der Waals surface area contributed by atoms with Crippen LogP contribution in [0.4, 0.5) is 11.5 Å². The molecule has 0 atom stereocenters. The number of benzene rings is 1. The fourth-order valence-corrected chi connectivity index (χ4v) is 1.64. The van der Waals surface area contributed by atoms with Gasteiger partial charge in [0, 0.05) is 15.2 Å². The van der Waals surface area contributed by atoms with Crippen molar-refractivity contribution >= 4 is 39.0 Å². The summed E-state index contributed by atoms with van der Waals surface area (Å²) in [6.45, 7) is 1.96. The van der Waals surface area contributed by atoms with Gasteiger partial charge in [0.25, 0.3) is 0 Å². The van der Waals surface area contributed by atoms with Crippen LogP contribution in [0.5, 0.6) is 0 Å². The minimum atomic E-state index is 0.727. The molecule has 1 N–H and O–H groups in total. The van der Waals surface area contributed by atoms with Crippen LogP contribution in [-0.4, -0.2) is 4.98 Å². The second-order valence-corrected chi connectivity index (χ2v) is 4.69. The van der Waals surface area contributed by atoms with Crippen molar-refractivity contribution in [3.63, 3.8) is 0 Å². The van der Waals surface area contributed by atoms with Gasteiger partial charge in [0.15, 0.2) is 0 Å². The molecule has 0 bridgehead atoms. The average molecular weight is 298 g/mol. The van der Waals surface area contributed by atoms with Crippen molar-refractivity contribution in [1.82, 2.24) is 4.98 Å². The van der Waals surface area contributed by atoms with Crippen molar-refractivity contribution < 1.29 is 0 Å². The number of hydrogen-bond acceptors (Lipinski definition) is 2. The zero-order valence-corrected chi connectivity index (χ0v) is 11.0. The molecule has 0 fully saturated rings. The number of anilines is 2. The Morgan fingerprint density at radius 2 is 1.81 bits per heavy atom. The third kappa shape index (κ3) is 2.74. The highest BCUT2D eigenvalue weighted by Crippen LogP contribution is 2.20. The van der Waals surface area contributed by atoms with Crippen LogP contribution in [0.1, 0.15) is 5.69 Å². The Morgan fingerprint density at radius 3 is 2.44 bits per heavy atom. The van der Waals surface area contributed by atoms with Crippen LogP contribution in [0.3, 0.4) is 0 Å². The third-order valence-electron chi connectivity index (χ3n) is 2.14. The Hall–Kier alpha value is -1.06. The van der Waals surface area contributed by atoms with Crippen LogP contribution in [0.15, 0.2) is 40.9 Å². The van der Waals surface area contributed by atoms with Crippen LogP contribution >= 0.6 is 27.5 Å². The van der Waals surface area contributed by atoms with Gasteiger partial charge >= 0.3 is 0 Å². The minimum Gasteiger partial charge on any atom is -0.340 e. The summed E-state index contributed by atoms with van der Waals surface area (Å²) < 4.78 is 1.01. The summed E-state index contributed by atoms with van der Waals surface area (Å²) in [5, 5.41) is 3.94. The second-order valence-electron chi connectivity index (χ2n) is 3.40. The highest BCUT2D eigenvalue weighted by Gasteiger charge is 1.99. The fraction of sp³-hybridized carbons (Fsp3) is 0.0833. The Labute approximate surface area is 108 Å². The van der Waals surface area contributed by atoms with Gasteiger partial charge in [-0.3, -0.25) is 0 Å². The molecular formula is C12H10BrClN2. The molecule has 0 radical (unpaired) electrons. The summed E-state index contributed by atoms with van der Waals surface area (Å²) in [5.41, 5.74) is 1.93. The summed E-state index contributed by atoms with van der Waals surface area (Å²) in [6.07, 6.45) is 0. The van der Waals surface area contributed by atoms with E-state index in [0.29, 0.717) is 0 Å². The summed E-state index contributed by atoms with van der Waals surface area (Å²) in [5.74, 6) is 0.822. The average Bonchev–Trinajstić information content (AvgIpc) is 2.27. The maximum Gasteiger partial charge on any atom is 0.130 e. The third-order valence-corrected chi connectivity index (χ3v) is 3.23. The molecule has 2 aromatic rings. The van der Waals surface area contributed by atoms with E-state index >= 15 is 0 Å². The van der Waals surface area contributed by atoms with E-state index in [1.165, 1.54) is 0 Å². The largest absolute Gasteiger partial charge is 0.340 e. The molecule has 1 aromatic heterocycles. The molecule has 0 saturated heterocycles. The highest BCUT2D eigenvalue weighted by atomic mass is 79.9. The lowest BCUT2D eigenvalue weighted by molar-refractivity contribution is 1.18. The quantitative estimate of drug-likeness (QED) is 0.879. The predicted molar refractivity (Wildman–Crippen MR) is 71.4 cm³/mol. The van der Waals surface area contributed by atoms with E-state index in [-0.39, 0.29) is 0 Å². The van der Waals surface area contributed by atoms with Crippen molar-refractivity contribution in [2.75, 3.05) is 5.32 Å². The molecule has 2 rings (SSSR count). The first-order valence-corrected chi connectivity index (χ1v) is 5.98. The number of nitrogens with zero attached hydrogens (tertiary/aromatic N) is 1. The van der Waals surface area contributed by atoms with Gasteiger partial charge in [0.05, 0.1) is 5.69 Å². The summed E-state index contributed by atoms with van der Waals surface area (Å²) in [4.78, 5) is 4.40. The maximum atomic E-state index is 5.81. The molecule has 4 heteroatoms. The number of nitrogens with one attached hydrogen (secondary N) is 1. The Morgan fingerprint density at radius 1 is 1.12 bits per heavy atom. The van der Waals surface area contributed by atoms with Gasteiger partial charge in [0.2, 0.25) is 0 Å². The number of aryl methyl sites for hydroxylation is 1. The topological polar surface area (TPSA) is 24.9 Å². The molecule has 0 spiro atoms. The number of rotatable bonds is 2. The molecule has 1 aromatic carbocycles. The van der Waals surface area contributed by atoms with E-state index in [1.807, 2.05) is 43.3 Å².